The lowest BCUT2D eigenvalue weighted by atomic mass is 9.83. The van der Waals surface area contributed by atoms with E-state index in [0.29, 0.717) is 30.2 Å². The number of aromatic carboxylic acids is 1. The summed E-state index contributed by atoms with van der Waals surface area (Å²) in [5.74, 6) is -1.45. The average Bonchev–Trinajstić information content (AvgIpc) is 2.85. The van der Waals surface area contributed by atoms with Crippen molar-refractivity contribution in [1.29, 1.82) is 0 Å². The van der Waals surface area contributed by atoms with Gasteiger partial charge in [0, 0.05) is 41.8 Å². The molecule has 36 heavy (non-hydrogen) atoms. The molecule has 5 rings (SSSR count). The van der Waals surface area contributed by atoms with Gasteiger partial charge in [0.05, 0.1) is 10.5 Å². The van der Waals surface area contributed by atoms with Crippen LogP contribution in [0.4, 0.5) is 5.69 Å². The number of aromatic nitrogens is 1. The van der Waals surface area contributed by atoms with Gasteiger partial charge in [-0.2, -0.15) is 0 Å². The molecule has 2 atom stereocenters. The van der Waals surface area contributed by atoms with Crippen molar-refractivity contribution in [3.8, 4) is 0 Å². The van der Waals surface area contributed by atoms with Crippen molar-refractivity contribution in [2.24, 2.45) is 5.92 Å². The van der Waals surface area contributed by atoms with Crippen LogP contribution in [0.1, 0.15) is 38.7 Å². The van der Waals surface area contributed by atoms with Crippen LogP contribution in [-0.2, 0) is 16.6 Å². The molecule has 0 spiro atoms. The molecule has 1 saturated heterocycles. The van der Waals surface area contributed by atoms with Gasteiger partial charge in [0.25, 0.3) is 21.5 Å². The molecule has 0 radical (unpaired) electrons. The number of rotatable bonds is 5. The lowest BCUT2D eigenvalue weighted by Gasteiger charge is -2.43. The predicted molar refractivity (Wildman–Crippen MR) is 133 cm³/mol. The van der Waals surface area contributed by atoms with Gasteiger partial charge in [-0.1, -0.05) is 17.7 Å². The number of hydrogen-bond donors (Lipinski definition) is 2. The normalized spacial score (nSPS) is 18.9. The molecule has 2 aromatic carbocycles. The first-order valence-corrected chi connectivity index (χ1v) is 13.1. The highest BCUT2D eigenvalue weighted by molar-refractivity contribution is 7.92. The highest BCUT2D eigenvalue weighted by Gasteiger charge is 2.37. The summed E-state index contributed by atoms with van der Waals surface area (Å²) in [6.07, 6.45) is 0.800. The number of amides is 1. The maximum atomic E-state index is 13.2. The van der Waals surface area contributed by atoms with Gasteiger partial charge in [0.2, 0.25) is 0 Å². The summed E-state index contributed by atoms with van der Waals surface area (Å²) in [6.45, 7) is 1.14. The Hall–Kier alpha value is -3.63. The van der Waals surface area contributed by atoms with Gasteiger partial charge in [0.1, 0.15) is 5.69 Å². The molecule has 1 fully saturated rings. The molecule has 0 aliphatic carbocycles. The van der Waals surface area contributed by atoms with Crippen LogP contribution in [0, 0.1) is 5.92 Å². The van der Waals surface area contributed by atoms with Crippen molar-refractivity contribution in [3.63, 3.8) is 0 Å². The number of nitrogens with one attached hydrogen (secondary N) is 1. The van der Waals surface area contributed by atoms with E-state index in [0.717, 1.165) is 12.1 Å². The van der Waals surface area contributed by atoms with E-state index in [4.69, 9.17) is 11.6 Å². The average molecular weight is 528 g/mol. The Morgan fingerprint density at radius 1 is 0.972 bits per heavy atom. The Morgan fingerprint density at radius 2 is 1.69 bits per heavy atom. The zero-order chi connectivity index (χ0) is 25.6. The largest absolute Gasteiger partial charge is 0.478 e. The predicted octanol–water partition coefficient (Wildman–Crippen LogP) is 3.26. The Labute approximate surface area is 212 Å². The SMILES string of the molecule is O=C(O)c1cccc(C(=O)N2C[C@@H]3C[C@H](C2)c2ccc(NS(=O)(=O)c4ccc(Cl)cc4)c(=O)n2C3)c1. The van der Waals surface area contributed by atoms with Crippen molar-refractivity contribution >= 4 is 39.2 Å². The lowest BCUT2D eigenvalue weighted by molar-refractivity contribution is 0.0594. The molecule has 2 aliphatic rings. The van der Waals surface area contributed by atoms with Gasteiger partial charge < -0.3 is 14.6 Å². The van der Waals surface area contributed by atoms with Crippen molar-refractivity contribution in [3.05, 3.63) is 92.9 Å². The van der Waals surface area contributed by atoms with Gasteiger partial charge in [-0.05, 0) is 66.9 Å². The van der Waals surface area contributed by atoms with Crippen LogP contribution in [0.3, 0.4) is 0 Å². The molecule has 1 aromatic heterocycles. The number of carbonyl (C=O) groups excluding carboxylic acids is 1. The van der Waals surface area contributed by atoms with Gasteiger partial charge in [0.15, 0.2) is 0 Å². The standard InChI is InChI=1S/C25H22ClN3O6S/c26-19-4-6-20(7-5-19)36(34,35)27-21-8-9-22-18-10-15(13-29(22)24(21)31)12-28(14-18)23(30)16-2-1-3-17(11-16)25(32)33/h1-9,11,15,18,27H,10,12-14H2,(H,32,33)/t15-,18+/m0/s1. The second kappa shape index (κ2) is 9.11. The van der Waals surface area contributed by atoms with Crippen molar-refractivity contribution in [2.75, 3.05) is 17.8 Å². The van der Waals surface area contributed by atoms with E-state index in [9.17, 15) is 27.9 Å². The number of carbonyl (C=O) groups is 2. The van der Waals surface area contributed by atoms with Gasteiger partial charge in [-0.25, -0.2) is 13.2 Å². The minimum absolute atomic E-state index is 0.00341. The first kappa shape index (κ1) is 24.1. The van der Waals surface area contributed by atoms with Gasteiger partial charge in [-0.15, -0.1) is 0 Å². The number of anilines is 1. The topological polar surface area (TPSA) is 126 Å². The van der Waals surface area contributed by atoms with E-state index in [1.54, 1.807) is 27.7 Å². The van der Waals surface area contributed by atoms with E-state index in [-0.39, 0.29) is 33.9 Å². The number of carboxylic acids is 1. The van der Waals surface area contributed by atoms with E-state index in [2.05, 4.69) is 4.72 Å². The third kappa shape index (κ3) is 4.49. The summed E-state index contributed by atoms with van der Waals surface area (Å²) in [4.78, 5) is 39.3. The number of benzene rings is 2. The summed E-state index contributed by atoms with van der Waals surface area (Å²) in [6, 6.07) is 14.8. The molecular weight excluding hydrogens is 506 g/mol. The van der Waals surface area contributed by atoms with Gasteiger partial charge >= 0.3 is 5.97 Å². The highest BCUT2D eigenvalue weighted by atomic mass is 35.5. The number of sulfonamides is 1. The number of piperidine rings is 1. The van der Waals surface area contributed by atoms with Crippen LogP contribution in [0.25, 0.3) is 0 Å². The molecule has 0 saturated carbocycles. The quantitative estimate of drug-likeness (QED) is 0.524. The minimum Gasteiger partial charge on any atom is -0.478 e. The van der Waals surface area contributed by atoms with Crippen LogP contribution < -0.4 is 10.3 Å². The maximum Gasteiger partial charge on any atom is 0.335 e. The van der Waals surface area contributed by atoms with Crippen LogP contribution in [0.15, 0.2) is 70.4 Å². The number of hydrogen-bond acceptors (Lipinski definition) is 5. The fourth-order valence-corrected chi connectivity index (χ4v) is 6.16. The summed E-state index contributed by atoms with van der Waals surface area (Å²) in [5.41, 5.74) is 0.603. The molecule has 0 unspecified atom stereocenters. The smallest absolute Gasteiger partial charge is 0.335 e. The van der Waals surface area contributed by atoms with E-state index in [1.807, 2.05) is 0 Å². The number of nitrogens with zero attached hydrogens (tertiary/aromatic N) is 2. The Kier molecular flexibility index (Phi) is 6.09. The monoisotopic (exact) mass is 527 g/mol. The number of likely N-dealkylation sites (tertiary alicyclic amines) is 1. The third-order valence-corrected chi connectivity index (χ3v) is 8.25. The molecule has 9 nitrogen and oxygen atoms in total. The van der Waals surface area contributed by atoms with Crippen molar-refractivity contribution in [2.45, 2.75) is 23.8 Å². The first-order valence-electron chi connectivity index (χ1n) is 11.3. The zero-order valence-electron chi connectivity index (χ0n) is 18.9. The number of fused-ring (bicyclic) bond motifs is 4. The first-order chi connectivity index (χ1) is 17.1. The van der Waals surface area contributed by atoms with Crippen LogP contribution in [0.2, 0.25) is 5.02 Å². The summed E-state index contributed by atoms with van der Waals surface area (Å²) < 4.78 is 29.5. The van der Waals surface area contributed by atoms with Crippen LogP contribution in [-0.4, -0.2) is 48.0 Å². The molecular formula is C25H22ClN3O6S. The summed E-state index contributed by atoms with van der Waals surface area (Å²) in [5, 5.41) is 9.63. The Morgan fingerprint density at radius 3 is 2.42 bits per heavy atom. The fourth-order valence-electron chi connectivity index (χ4n) is 4.97. The number of halogens is 1. The minimum atomic E-state index is -3.97. The molecule has 2 aliphatic heterocycles. The third-order valence-electron chi connectivity index (χ3n) is 6.62. The summed E-state index contributed by atoms with van der Waals surface area (Å²) in [7, 11) is -3.97. The molecule has 2 bridgehead atoms. The molecule has 11 heteroatoms. The molecule has 186 valence electrons. The Balaban J connectivity index is 1.39. The fraction of sp³-hybridized carbons (Fsp3) is 0.240. The summed E-state index contributed by atoms with van der Waals surface area (Å²) >= 11 is 5.84. The maximum absolute atomic E-state index is 13.2. The number of carboxylic acid groups (broad SMARTS) is 1. The molecule has 3 heterocycles. The highest BCUT2D eigenvalue weighted by Crippen LogP contribution is 2.36. The lowest BCUT2D eigenvalue weighted by Crippen LogP contribution is -2.49. The van der Waals surface area contributed by atoms with Crippen molar-refractivity contribution in [1.82, 2.24) is 9.47 Å². The van der Waals surface area contributed by atoms with E-state index < -0.39 is 21.6 Å². The second-order valence-corrected chi connectivity index (χ2v) is 11.2. The van der Waals surface area contributed by atoms with Crippen molar-refractivity contribution < 1.29 is 23.1 Å². The Bertz CT molecular complexity index is 1530. The van der Waals surface area contributed by atoms with E-state index >= 15 is 0 Å². The molecule has 3 aromatic rings. The second-order valence-electron chi connectivity index (χ2n) is 9.04. The van der Waals surface area contributed by atoms with Crippen LogP contribution >= 0.6 is 11.6 Å². The zero-order valence-corrected chi connectivity index (χ0v) is 20.5. The number of pyridine rings is 1. The molecule has 1 amide bonds. The molecule has 2 N–H and O–H groups in total. The van der Waals surface area contributed by atoms with Crippen LogP contribution in [0.5, 0.6) is 0 Å². The van der Waals surface area contributed by atoms with E-state index in [1.165, 1.54) is 42.5 Å². The van der Waals surface area contributed by atoms with Gasteiger partial charge in [-0.3, -0.25) is 14.3 Å².